The van der Waals surface area contributed by atoms with Crippen molar-refractivity contribution in [1.82, 2.24) is 14.5 Å². The zero-order valence-electron chi connectivity index (χ0n) is 20.2. The number of para-hydroxylation sites is 1. The van der Waals surface area contributed by atoms with Gasteiger partial charge in [0.1, 0.15) is 0 Å². The van der Waals surface area contributed by atoms with Gasteiger partial charge in [-0.2, -0.15) is 4.31 Å². The molecule has 2 N–H and O–H groups in total. The molecule has 0 bridgehead atoms. The first-order valence-electron chi connectivity index (χ1n) is 11.8. The van der Waals surface area contributed by atoms with Gasteiger partial charge in [-0.15, -0.1) is 0 Å². The number of nitrogens with zero attached hydrogens (tertiary/aromatic N) is 2. The molecule has 0 spiro atoms. The number of anilines is 1. The van der Waals surface area contributed by atoms with Crippen molar-refractivity contribution in [3.63, 3.8) is 0 Å². The molecule has 8 nitrogen and oxygen atoms in total. The van der Waals surface area contributed by atoms with Gasteiger partial charge in [0, 0.05) is 44.8 Å². The maximum Gasteiger partial charge on any atom is 0.255 e. The maximum absolute atomic E-state index is 13.0. The Kier molecular flexibility index (Phi) is 8.14. The van der Waals surface area contributed by atoms with E-state index in [2.05, 4.69) is 15.5 Å². The highest BCUT2D eigenvalue weighted by atomic mass is 32.2. The van der Waals surface area contributed by atoms with Crippen LogP contribution in [0.1, 0.15) is 31.8 Å². The summed E-state index contributed by atoms with van der Waals surface area (Å²) >= 11 is 0. The average Bonchev–Trinajstić information content (AvgIpc) is 2.88. The van der Waals surface area contributed by atoms with Crippen molar-refractivity contribution < 1.29 is 18.0 Å². The molecule has 1 fully saturated rings. The third-order valence-corrected chi connectivity index (χ3v) is 7.41. The van der Waals surface area contributed by atoms with Crippen LogP contribution in [0.25, 0.3) is 0 Å². The Morgan fingerprint density at radius 2 is 1.47 bits per heavy atom. The molecule has 36 heavy (non-hydrogen) atoms. The molecule has 1 saturated heterocycles. The quantitative estimate of drug-likeness (QED) is 0.490. The predicted octanol–water partition coefficient (Wildman–Crippen LogP) is 2.95. The van der Waals surface area contributed by atoms with Crippen LogP contribution >= 0.6 is 0 Å². The third-order valence-electron chi connectivity index (χ3n) is 6.11. The van der Waals surface area contributed by atoms with Crippen LogP contribution in [0, 0.1) is 0 Å². The van der Waals surface area contributed by atoms with E-state index in [1.165, 1.54) is 10.6 Å². The van der Waals surface area contributed by atoms with Crippen molar-refractivity contribution in [2.75, 3.05) is 37.8 Å². The topological polar surface area (TPSA) is 98.8 Å². The third kappa shape index (κ3) is 6.78. The lowest BCUT2D eigenvalue weighted by molar-refractivity contribution is 0.0951. The van der Waals surface area contributed by atoms with Crippen molar-refractivity contribution in [2.24, 2.45) is 0 Å². The summed E-state index contributed by atoms with van der Waals surface area (Å²) in [5.74, 6) is -0.571. The fraction of sp³-hybridized carbons (Fsp3) is 0.259. The van der Waals surface area contributed by atoms with Crippen LogP contribution in [0.5, 0.6) is 0 Å². The molecular weight excluding hydrogens is 476 g/mol. The summed E-state index contributed by atoms with van der Waals surface area (Å²) in [7, 11) is -3.17. The maximum atomic E-state index is 13.0. The standard InChI is InChI=1S/C27H30N4O4S/c1-36(34,35)31-16-14-30(15-17-31)20-22-10-7-11-23(18-22)26(32)29-25-13-6-5-12-24(25)27(33)28-19-21-8-3-2-4-9-21/h2-13,18H,14-17,19-20H2,1H3,(H,28,33)(H,29,32). The van der Waals surface area contributed by atoms with E-state index in [1.807, 2.05) is 48.5 Å². The van der Waals surface area contributed by atoms with Crippen LogP contribution in [0.15, 0.2) is 78.9 Å². The fourth-order valence-corrected chi connectivity index (χ4v) is 4.97. The normalized spacial score (nSPS) is 14.8. The highest BCUT2D eigenvalue weighted by Crippen LogP contribution is 2.18. The molecule has 1 heterocycles. The van der Waals surface area contributed by atoms with Crippen molar-refractivity contribution in [2.45, 2.75) is 13.1 Å². The lowest BCUT2D eigenvalue weighted by Gasteiger charge is -2.33. The van der Waals surface area contributed by atoms with Crippen LogP contribution in [0.4, 0.5) is 5.69 Å². The second-order valence-electron chi connectivity index (χ2n) is 8.81. The average molecular weight is 507 g/mol. The molecule has 0 unspecified atom stereocenters. The number of amides is 2. The molecule has 1 aliphatic heterocycles. The largest absolute Gasteiger partial charge is 0.348 e. The molecular formula is C27H30N4O4S. The fourth-order valence-electron chi connectivity index (χ4n) is 4.15. The SMILES string of the molecule is CS(=O)(=O)N1CCN(Cc2cccc(C(=O)Nc3ccccc3C(=O)NCc3ccccc3)c2)CC1. The molecule has 0 aliphatic carbocycles. The molecule has 1 aliphatic rings. The van der Waals surface area contributed by atoms with E-state index in [0.29, 0.717) is 56.1 Å². The number of piperazine rings is 1. The van der Waals surface area contributed by atoms with Gasteiger partial charge in [0.25, 0.3) is 11.8 Å². The Morgan fingerprint density at radius 1 is 0.806 bits per heavy atom. The Balaban J connectivity index is 1.38. The van der Waals surface area contributed by atoms with Gasteiger partial charge < -0.3 is 10.6 Å². The van der Waals surface area contributed by atoms with Crippen molar-refractivity contribution in [3.8, 4) is 0 Å². The van der Waals surface area contributed by atoms with Crippen LogP contribution < -0.4 is 10.6 Å². The lowest BCUT2D eigenvalue weighted by Crippen LogP contribution is -2.47. The van der Waals surface area contributed by atoms with E-state index in [1.54, 1.807) is 30.3 Å². The molecule has 0 saturated carbocycles. The molecule has 3 aromatic rings. The summed E-state index contributed by atoms with van der Waals surface area (Å²) in [6, 6.07) is 23.9. The number of carbonyl (C=O) groups is 2. The number of benzene rings is 3. The lowest BCUT2D eigenvalue weighted by atomic mass is 10.1. The van der Waals surface area contributed by atoms with Crippen molar-refractivity contribution in [1.29, 1.82) is 0 Å². The van der Waals surface area contributed by atoms with E-state index in [0.717, 1.165) is 11.1 Å². The summed E-state index contributed by atoms with van der Waals surface area (Å²) in [6.07, 6.45) is 1.23. The van der Waals surface area contributed by atoms with E-state index in [4.69, 9.17) is 0 Å². The number of carbonyl (C=O) groups excluding carboxylic acids is 2. The molecule has 0 atom stereocenters. The van der Waals surface area contributed by atoms with Crippen molar-refractivity contribution in [3.05, 3.63) is 101 Å². The molecule has 3 aromatic carbocycles. The highest BCUT2D eigenvalue weighted by Gasteiger charge is 2.23. The minimum absolute atomic E-state index is 0.267. The molecule has 0 aromatic heterocycles. The number of hydrogen-bond donors (Lipinski definition) is 2. The molecule has 188 valence electrons. The molecule has 9 heteroatoms. The van der Waals surface area contributed by atoms with Gasteiger partial charge >= 0.3 is 0 Å². The van der Waals surface area contributed by atoms with E-state index >= 15 is 0 Å². The Morgan fingerprint density at radius 3 is 2.19 bits per heavy atom. The van der Waals surface area contributed by atoms with E-state index in [9.17, 15) is 18.0 Å². The van der Waals surface area contributed by atoms with Crippen LogP contribution in [-0.2, 0) is 23.1 Å². The minimum atomic E-state index is -3.17. The highest BCUT2D eigenvalue weighted by molar-refractivity contribution is 7.88. The number of hydrogen-bond acceptors (Lipinski definition) is 5. The van der Waals surface area contributed by atoms with E-state index in [-0.39, 0.29) is 11.8 Å². The second-order valence-corrected chi connectivity index (χ2v) is 10.8. The van der Waals surface area contributed by atoms with Gasteiger partial charge in [-0.25, -0.2) is 8.42 Å². The minimum Gasteiger partial charge on any atom is -0.348 e. The molecule has 4 rings (SSSR count). The summed E-state index contributed by atoms with van der Waals surface area (Å²) < 4.78 is 24.9. The van der Waals surface area contributed by atoms with Gasteiger partial charge in [0.05, 0.1) is 17.5 Å². The Bertz CT molecular complexity index is 1320. The Labute approximate surface area is 212 Å². The van der Waals surface area contributed by atoms with Gasteiger partial charge in [-0.1, -0.05) is 54.6 Å². The van der Waals surface area contributed by atoms with Crippen molar-refractivity contribution >= 4 is 27.5 Å². The molecule has 0 radical (unpaired) electrons. The predicted molar refractivity (Wildman–Crippen MR) is 140 cm³/mol. The zero-order valence-corrected chi connectivity index (χ0v) is 21.0. The number of nitrogens with one attached hydrogen (secondary N) is 2. The van der Waals surface area contributed by atoms with Crippen LogP contribution in [-0.4, -0.2) is 61.9 Å². The monoisotopic (exact) mass is 506 g/mol. The van der Waals surface area contributed by atoms with E-state index < -0.39 is 10.0 Å². The molecule has 2 amide bonds. The first-order valence-corrected chi connectivity index (χ1v) is 13.6. The Hall–Kier alpha value is -3.53. The van der Waals surface area contributed by atoms with Gasteiger partial charge in [0.15, 0.2) is 0 Å². The summed E-state index contributed by atoms with van der Waals surface area (Å²) in [4.78, 5) is 28.0. The van der Waals surface area contributed by atoms with Gasteiger partial charge in [0.2, 0.25) is 10.0 Å². The zero-order chi connectivity index (χ0) is 25.5. The van der Waals surface area contributed by atoms with Crippen LogP contribution in [0.3, 0.4) is 0 Å². The van der Waals surface area contributed by atoms with Gasteiger partial charge in [-0.3, -0.25) is 14.5 Å². The first-order chi connectivity index (χ1) is 17.3. The van der Waals surface area contributed by atoms with Crippen LogP contribution in [0.2, 0.25) is 0 Å². The summed E-state index contributed by atoms with van der Waals surface area (Å²) in [6.45, 7) is 3.20. The smallest absolute Gasteiger partial charge is 0.255 e. The number of sulfonamides is 1. The van der Waals surface area contributed by atoms with Gasteiger partial charge in [-0.05, 0) is 35.4 Å². The first kappa shape index (κ1) is 25.6. The summed E-state index contributed by atoms with van der Waals surface area (Å²) in [5.41, 5.74) is 3.27. The summed E-state index contributed by atoms with van der Waals surface area (Å²) in [5, 5.41) is 5.77. The number of rotatable bonds is 8. The second kappa shape index (κ2) is 11.5.